The van der Waals surface area contributed by atoms with Crippen LogP contribution in [0.5, 0.6) is 0 Å². The molecule has 2 atom stereocenters. The van der Waals surface area contributed by atoms with Crippen molar-refractivity contribution < 1.29 is 29.7 Å². The third kappa shape index (κ3) is 10.4. The van der Waals surface area contributed by atoms with E-state index in [2.05, 4.69) is 13.8 Å². The lowest BCUT2D eigenvalue weighted by Gasteiger charge is -2.34. The SMILES string of the molecule is CCCCCC/C(O)=C/[N+](/C=C(/O)CCCCCC)(CCO)C(C)C(=O)O. The topological polar surface area (TPSA) is 98.0 Å². The normalized spacial score (nSPS) is 16.1. The number of carbonyl (C=O) groups is 1. The zero-order valence-corrected chi connectivity index (χ0v) is 17.4. The quantitative estimate of drug-likeness (QED) is 0.170. The number of carboxylic acid groups (broad SMARTS) is 1. The van der Waals surface area contributed by atoms with Crippen LogP contribution in [0.3, 0.4) is 0 Å². The molecule has 0 aliphatic heterocycles. The molecule has 0 aromatic rings. The van der Waals surface area contributed by atoms with Crippen molar-refractivity contribution in [3.05, 3.63) is 23.9 Å². The zero-order valence-electron chi connectivity index (χ0n) is 17.4. The van der Waals surface area contributed by atoms with Gasteiger partial charge in [-0.05, 0) is 19.8 Å². The average Bonchev–Trinajstić information content (AvgIpc) is 2.61. The molecule has 0 aliphatic carbocycles. The molecule has 6 heteroatoms. The fourth-order valence-corrected chi connectivity index (χ4v) is 3.11. The Morgan fingerprint density at radius 2 is 1.30 bits per heavy atom. The van der Waals surface area contributed by atoms with Crippen LogP contribution in [0, 0.1) is 0 Å². The third-order valence-corrected chi connectivity index (χ3v) is 4.92. The maximum Gasteiger partial charge on any atom is 0.363 e. The minimum Gasteiger partial charge on any atom is -0.507 e. The molecule has 27 heavy (non-hydrogen) atoms. The molecule has 0 spiro atoms. The van der Waals surface area contributed by atoms with Crippen molar-refractivity contribution in [3.8, 4) is 0 Å². The number of unbranched alkanes of at least 4 members (excludes halogenated alkanes) is 6. The molecule has 0 radical (unpaired) electrons. The fraction of sp³-hybridized carbons (Fsp3) is 0.762. The lowest BCUT2D eigenvalue weighted by Crippen LogP contribution is -2.51. The maximum absolute atomic E-state index is 11.7. The van der Waals surface area contributed by atoms with Gasteiger partial charge in [0.15, 0.2) is 6.04 Å². The summed E-state index contributed by atoms with van der Waals surface area (Å²) in [6.45, 7) is 5.57. The van der Waals surface area contributed by atoms with E-state index in [-0.39, 0.29) is 29.2 Å². The van der Waals surface area contributed by atoms with Gasteiger partial charge in [0, 0.05) is 12.8 Å². The second-order valence-electron chi connectivity index (χ2n) is 7.32. The van der Waals surface area contributed by atoms with E-state index in [0.717, 1.165) is 51.4 Å². The molecule has 158 valence electrons. The zero-order chi connectivity index (χ0) is 20.7. The van der Waals surface area contributed by atoms with E-state index in [0.29, 0.717) is 12.8 Å². The van der Waals surface area contributed by atoms with E-state index in [1.54, 1.807) is 0 Å². The second kappa shape index (κ2) is 14.5. The Morgan fingerprint density at radius 1 is 0.852 bits per heavy atom. The summed E-state index contributed by atoms with van der Waals surface area (Å²) in [6, 6.07) is -0.937. The van der Waals surface area contributed by atoms with E-state index < -0.39 is 12.0 Å². The molecule has 0 saturated carbocycles. The van der Waals surface area contributed by atoms with Gasteiger partial charge in [-0.3, -0.25) is 4.48 Å². The van der Waals surface area contributed by atoms with Crippen molar-refractivity contribution in [2.24, 2.45) is 0 Å². The highest BCUT2D eigenvalue weighted by molar-refractivity contribution is 5.71. The van der Waals surface area contributed by atoms with Gasteiger partial charge in [-0.1, -0.05) is 52.4 Å². The van der Waals surface area contributed by atoms with Crippen LogP contribution in [0.25, 0.3) is 0 Å². The molecule has 0 aromatic heterocycles. The maximum atomic E-state index is 11.7. The molecule has 6 nitrogen and oxygen atoms in total. The summed E-state index contributed by atoms with van der Waals surface area (Å²) < 4.78 is -0.301. The van der Waals surface area contributed by atoms with Gasteiger partial charge in [-0.25, -0.2) is 4.79 Å². The number of rotatable bonds is 16. The van der Waals surface area contributed by atoms with Crippen LogP contribution < -0.4 is 0 Å². The first kappa shape index (κ1) is 25.5. The number of carboxylic acids is 1. The summed E-state index contributed by atoms with van der Waals surface area (Å²) in [4.78, 5) is 11.7. The number of aliphatic hydroxyl groups is 3. The van der Waals surface area contributed by atoms with Crippen molar-refractivity contribution in [3.63, 3.8) is 0 Å². The van der Waals surface area contributed by atoms with Gasteiger partial charge in [0.2, 0.25) is 0 Å². The summed E-state index contributed by atoms with van der Waals surface area (Å²) in [5, 5.41) is 39.8. The minimum absolute atomic E-state index is 0.0749. The van der Waals surface area contributed by atoms with Crippen molar-refractivity contribution in [2.75, 3.05) is 13.2 Å². The van der Waals surface area contributed by atoms with Gasteiger partial charge in [0.05, 0.1) is 6.61 Å². The van der Waals surface area contributed by atoms with Crippen molar-refractivity contribution in [2.45, 2.75) is 91.0 Å². The molecule has 0 amide bonds. The minimum atomic E-state index is -1.05. The first-order valence-electron chi connectivity index (χ1n) is 10.3. The summed E-state index contributed by atoms with van der Waals surface area (Å²) in [5.74, 6) is -0.848. The highest BCUT2D eigenvalue weighted by atomic mass is 16.4. The highest BCUT2D eigenvalue weighted by Gasteiger charge is 2.37. The number of allylic oxidation sites excluding steroid dienone is 2. The number of hydrogen-bond acceptors (Lipinski definition) is 4. The van der Waals surface area contributed by atoms with Crippen LogP contribution >= 0.6 is 0 Å². The van der Waals surface area contributed by atoms with Crippen LogP contribution in [0.4, 0.5) is 0 Å². The number of hydrogen-bond donors (Lipinski definition) is 4. The Hall–Kier alpha value is -1.53. The highest BCUT2D eigenvalue weighted by Crippen LogP contribution is 2.23. The van der Waals surface area contributed by atoms with Crippen molar-refractivity contribution in [1.82, 2.24) is 0 Å². The second-order valence-corrected chi connectivity index (χ2v) is 7.32. The predicted molar refractivity (Wildman–Crippen MR) is 108 cm³/mol. The van der Waals surface area contributed by atoms with E-state index in [9.17, 15) is 25.2 Å². The average molecular weight is 387 g/mol. The van der Waals surface area contributed by atoms with Crippen LogP contribution in [0.15, 0.2) is 23.9 Å². The molecular weight excluding hydrogens is 346 g/mol. The third-order valence-electron chi connectivity index (χ3n) is 4.92. The molecule has 0 aliphatic rings. The molecule has 0 saturated heterocycles. The van der Waals surface area contributed by atoms with Gasteiger partial charge < -0.3 is 20.4 Å². The molecular formula is C21H40NO5+. The molecule has 0 aromatic carbocycles. The van der Waals surface area contributed by atoms with Crippen LogP contribution in [0.2, 0.25) is 0 Å². The summed E-state index contributed by atoms with van der Waals surface area (Å²) >= 11 is 0. The molecule has 2 unspecified atom stereocenters. The van der Waals surface area contributed by atoms with Crippen molar-refractivity contribution >= 4 is 5.97 Å². The Morgan fingerprint density at radius 3 is 1.63 bits per heavy atom. The Bertz CT molecular complexity index is 445. The smallest absolute Gasteiger partial charge is 0.363 e. The Labute approximate surface area is 164 Å². The fourth-order valence-electron chi connectivity index (χ4n) is 3.11. The van der Waals surface area contributed by atoms with E-state index in [1.165, 1.54) is 19.3 Å². The van der Waals surface area contributed by atoms with Gasteiger partial charge >= 0.3 is 5.97 Å². The van der Waals surface area contributed by atoms with Crippen LogP contribution in [-0.4, -0.2) is 50.1 Å². The first-order valence-corrected chi connectivity index (χ1v) is 10.3. The first-order chi connectivity index (χ1) is 12.8. The van der Waals surface area contributed by atoms with E-state index >= 15 is 0 Å². The molecule has 4 N–H and O–H groups in total. The van der Waals surface area contributed by atoms with E-state index in [1.807, 2.05) is 0 Å². The van der Waals surface area contributed by atoms with E-state index in [4.69, 9.17) is 0 Å². The summed E-state index contributed by atoms with van der Waals surface area (Å²) in [7, 11) is 0. The van der Waals surface area contributed by atoms with Crippen LogP contribution in [0.1, 0.15) is 85.0 Å². The van der Waals surface area contributed by atoms with Gasteiger partial charge in [0.1, 0.15) is 30.5 Å². The Balaban J connectivity index is 5.47. The Kier molecular flexibility index (Phi) is 13.7. The van der Waals surface area contributed by atoms with Gasteiger partial charge in [-0.15, -0.1) is 0 Å². The standard InChI is InChI=1S/C21H39NO5/c1-4-6-8-10-12-19(24)16-22(14-15-23,18(3)21(26)27)17-20(25)13-11-9-7-5-2/h16-18,23H,4-15H2,1-3H3,(H2-,24,25,26,27)/p+1/b19-16-,20-17+. The summed E-state index contributed by atoms with van der Waals surface area (Å²) in [5.41, 5.74) is 0. The lowest BCUT2D eigenvalue weighted by atomic mass is 10.1. The monoisotopic (exact) mass is 386 g/mol. The van der Waals surface area contributed by atoms with Crippen molar-refractivity contribution in [1.29, 1.82) is 0 Å². The number of aliphatic carboxylic acids is 1. The molecule has 0 fully saturated rings. The number of quaternary nitrogens is 1. The van der Waals surface area contributed by atoms with Gasteiger partial charge in [-0.2, -0.15) is 0 Å². The number of nitrogens with zero attached hydrogens (tertiary/aromatic N) is 1. The summed E-state index contributed by atoms with van der Waals surface area (Å²) in [6.07, 6.45) is 11.9. The molecule has 0 rings (SSSR count). The predicted octanol–water partition coefficient (Wildman–Crippen LogP) is 5.01. The molecule has 0 bridgehead atoms. The molecule has 0 heterocycles. The largest absolute Gasteiger partial charge is 0.507 e. The lowest BCUT2D eigenvalue weighted by molar-refractivity contribution is -0.846. The van der Waals surface area contributed by atoms with Gasteiger partial charge in [0.25, 0.3) is 0 Å². The van der Waals surface area contributed by atoms with Crippen LogP contribution in [-0.2, 0) is 4.79 Å². The number of aliphatic hydroxyl groups excluding tert-OH is 3.